The van der Waals surface area contributed by atoms with Crippen LogP contribution in [-0.4, -0.2) is 42.6 Å². The minimum atomic E-state index is -0.478. The first-order valence-electron chi connectivity index (χ1n) is 9.18. The molecule has 1 aromatic rings. The average molecular weight is 363 g/mol. The third-order valence-corrected chi connectivity index (χ3v) is 3.86. The summed E-state index contributed by atoms with van der Waals surface area (Å²) in [7, 11) is 1.72. The average Bonchev–Trinajstić information content (AvgIpc) is 2.50. The minimum Gasteiger partial charge on any atom is -0.483 e. The summed E-state index contributed by atoms with van der Waals surface area (Å²) in [5.74, 6) is 0.740. The Labute approximate surface area is 157 Å². The quantitative estimate of drug-likeness (QED) is 0.653. The van der Waals surface area contributed by atoms with Crippen molar-refractivity contribution in [2.75, 3.05) is 20.2 Å². The SMILES string of the molecule is Cc1ccc(C(C)C)c(OCC(=O)N(C)CCCC(=O)OC(C)(C)C)c1. The van der Waals surface area contributed by atoms with Crippen molar-refractivity contribution in [3.63, 3.8) is 0 Å². The predicted molar refractivity (Wildman–Crippen MR) is 103 cm³/mol. The number of hydrogen-bond donors (Lipinski definition) is 0. The van der Waals surface area contributed by atoms with Gasteiger partial charge in [0.1, 0.15) is 11.4 Å². The molecule has 146 valence electrons. The van der Waals surface area contributed by atoms with Gasteiger partial charge in [-0.05, 0) is 57.2 Å². The fraction of sp³-hybridized carbons (Fsp3) is 0.619. The Morgan fingerprint density at radius 2 is 1.85 bits per heavy atom. The standard InChI is InChI=1S/C21H33NO4/c1-15(2)17-11-10-16(3)13-18(17)25-14-19(23)22(7)12-8-9-20(24)26-21(4,5)6/h10-11,13,15H,8-9,12,14H2,1-7H3. The number of aryl methyl sites for hydroxylation is 1. The Hall–Kier alpha value is -2.04. The molecule has 0 aliphatic heterocycles. The van der Waals surface area contributed by atoms with Crippen molar-refractivity contribution in [2.24, 2.45) is 0 Å². The molecule has 0 aliphatic rings. The Kier molecular flexibility index (Phi) is 8.12. The number of carbonyl (C=O) groups is 2. The van der Waals surface area contributed by atoms with Gasteiger partial charge in [0.2, 0.25) is 0 Å². The van der Waals surface area contributed by atoms with Gasteiger partial charge in [-0.25, -0.2) is 0 Å². The van der Waals surface area contributed by atoms with E-state index in [0.29, 0.717) is 25.3 Å². The highest BCUT2D eigenvalue weighted by molar-refractivity contribution is 5.77. The first-order valence-corrected chi connectivity index (χ1v) is 9.18. The predicted octanol–water partition coefficient (Wildman–Crippen LogP) is 4.08. The number of carbonyl (C=O) groups excluding carboxylic acids is 2. The number of ether oxygens (including phenoxy) is 2. The van der Waals surface area contributed by atoms with Gasteiger partial charge in [-0.2, -0.15) is 0 Å². The lowest BCUT2D eigenvalue weighted by Gasteiger charge is -2.21. The van der Waals surface area contributed by atoms with Gasteiger partial charge >= 0.3 is 5.97 Å². The van der Waals surface area contributed by atoms with Gasteiger partial charge in [0, 0.05) is 20.0 Å². The molecule has 0 radical (unpaired) electrons. The van der Waals surface area contributed by atoms with E-state index >= 15 is 0 Å². The second-order valence-corrected chi connectivity index (χ2v) is 7.99. The van der Waals surface area contributed by atoms with E-state index in [-0.39, 0.29) is 18.5 Å². The summed E-state index contributed by atoms with van der Waals surface area (Å²) in [5.41, 5.74) is 1.72. The summed E-state index contributed by atoms with van der Waals surface area (Å²) in [6, 6.07) is 6.06. The molecule has 26 heavy (non-hydrogen) atoms. The van der Waals surface area contributed by atoms with Crippen molar-refractivity contribution in [2.45, 2.75) is 65.9 Å². The van der Waals surface area contributed by atoms with E-state index in [4.69, 9.17) is 9.47 Å². The number of benzene rings is 1. The van der Waals surface area contributed by atoms with Crippen LogP contribution in [0.5, 0.6) is 5.75 Å². The topological polar surface area (TPSA) is 55.8 Å². The minimum absolute atomic E-state index is 0.00783. The van der Waals surface area contributed by atoms with Crippen LogP contribution in [0.1, 0.15) is 64.5 Å². The van der Waals surface area contributed by atoms with E-state index in [1.807, 2.05) is 45.9 Å². The molecule has 0 unspecified atom stereocenters. The number of hydrogen-bond acceptors (Lipinski definition) is 4. The molecule has 5 heteroatoms. The molecule has 0 atom stereocenters. The molecule has 0 saturated carbocycles. The molecule has 0 aromatic heterocycles. The maximum absolute atomic E-state index is 12.3. The summed E-state index contributed by atoms with van der Waals surface area (Å²) in [6.07, 6.45) is 0.865. The van der Waals surface area contributed by atoms with Gasteiger partial charge in [-0.3, -0.25) is 9.59 Å². The van der Waals surface area contributed by atoms with E-state index < -0.39 is 5.60 Å². The third kappa shape index (κ3) is 7.89. The summed E-state index contributed by atoms with van der Waals surface area (Å²) in [5, 5.41) is 0. The Bertz CT molecular complexity index is 617. The van der Waals surface area contributed by atoms with E-state index in [2.05, 4.69) is 13.8 Å². The molecule has 0 aliphatic carbocycles. The van der Waals surface area contributed by atoms with Crippen LogP contribution in [0, 0.1) is 6.92 Å². The van der Waals surface area contributed by atoms with Crippen LogP contribution in [-0.2, 0) is 14.3 Å². The molecular weight excluding hydrogens is 330 g/mol. The Balaban J connectivity index is 2.46. The zero-order chi connectivity index (χ0) is 19.9. The molecule has 1 rings (SSSR count). The summed E-state index contributed by atoms with van der Waals surface area (Å²) >= 11 is 0. The molecule has 0 bridgehead atoms. The highest BCUT2D eigenvalue weighted by Crippen LogP contribution is 2.27. The van der Waals surface area contributed by atoms with Crippen molar-refractivity contribution in [1.29, 1.82) is 0 Å². The van der Waals surface area contributed by atoms with Crippen LogP contribution in [0.15, 0.2) is 18.2 Å². The van der Waals surface area contributed by atoms with Crippen LogP contribution >= 0.6 is 0 Å². The molecular formula is C21H33NO4. The number of nitrogens with zero attached hydrogens (tertiary/aromatic N) is 1. The fourth-order valence-electron chi connectivity index (χ4n) is 2.47. The van der Waals surface area contributed by atoms with E-state index in [9.17, 15) is 9.59 Å². The van der Waals surface area contributed by atoms with E-state index in [0.717, 1.165) is 16.9 Å². The number of esters is 1. The largest absolute Gasteiger partial charge is 0.483 e. The molecule has 5 nitrogen and oxygen atoms in total. The van der Waals surface area contributed by atoms with Gasteiger partial charge in [0.15, 0.2) is 6.61 Å². The first-order chi connectivity index (χ1) is 12.0. The number of likely N-dealkylation sites (N-methyl/N-ethyl adjacent to an activating group) is 1. The van der Waals surface area contributed by atoms with Crippen molar-refractivity contribution in [3.05, 3.63) is 29.3 Å². The maximum Gasteiger partial charge on any atom is 0.306 e. The van der Waals surface area contributed by atoms with Crippen molar-refractivity contribution in [3.8, 4) is 5.75 Å². The smallest absolute Gasteiger partial charge is 0.306 e. The van der Waals surface area contributed by atoms with Crippen LogP contribution in [0.3, 0.4) is 0 Å². The third-order valence-electron chi connectivity index (χ3n) is 3.86. The highest BCUT2D eigenvalue weighted by atomic mass is 16.6. The monoisotopic (exact) mass is 363 g/mol. The van der Waals surface area contributed by atoms with Gasteiger partial charge in [0.25, 0.3) is 5.91 Å². The lowest BCUT2D eigenvalue weighted by Crippen LogP contribution is -2.33. The number of amides is 1. The first kappa shape index (κ1) is 22.0. The van der Waals surface area contributed by atoms with E-state index in [1.54, 1.807) is 11.9 Å². The zero-order valence-electron chi connectivity index (χ0n) is 17.2. The summed E-state index contributed by atoms with van der Waals surface area (Å²) in [4.78, 5) is 25.6. The second-order valence-electron chi connectivity index (χ2n) is 7.99. The molecule has 0 N–H and O–H groups in total. The van der Waals surface area contributed by atoms with Crippen molar-refractivity contribution >= 4 is 11.9 Å². The van der Waals surface area contributed by atoms with Crippen molar-refractivity contribution in [1.82, 2.24) is 4.90 Å². The van der Waals surface area contributed by atoms with Gasteiger partial charge in [0.05, 0.1) is 0 Å². The lowest BCUT2D eigenvalue weighted by atomic mass is 10.0. The number of rotatable bonds is 8. The maximum atomic E-state index is 12.3. The Morgan fingerprint density at radius 3 is 2.42 bits per heavy atom. The van der Waals surface area contributed by atoms with Crippen LogP contribution in [0.2, 0.25) is 0 Å². The van der Waals surface area contributed by atoms with Gasteiger partial charge < -0.3 is 14.4 Å². The fourth-order valence-corrected chi connectivity index (χ4v) is 2.47. The van der Waals surface area contributed by atoms with Gasteiger partial charge in [-0.15, -0.1) is 0 Å². The van der Waals surface area contributed by atoms with Gasteiger partial charge in [-0.1, -0.05) is 26.0 Å². The normalized spacial score (nSPS) is 11.4. The molecule has 0 heterocycles. The molecule has 1 aromatic carbocycles. The second kappa shape index (κ2) is 9.60. The van der Waals surface area contributed by atoms with E-state index in [1.165, 1.54) is 0 Å². The highest BCUT2D eigenvalue weighted by Gasteiger charge is 2.17. The molecule has 0 fully saturated rings. The zero-order valence-corrected chi connectivity index (χ0v) is 17.2. The molecule has 1 amide bonds. The molecule has 0 spiro atoms. The Morgan fingerprint density at radius 1 is 1.19 bits per heavy atom. The molecule has 0 saturated heterocycles. The van der Waals surface area contributed by atoms with Crippen LogP contribution in [0.25, 0.3) is 0 Å². The summed E-state index contributed by atoms with van der Waals surface area (Å²) in [6.45, 7) is 12.2. The van der Waals surface area contributed by atoms with Crippen LogP contribution < -0.4 is 4.74 Å². The van der Waals surface area contributed by atoms with Crippen LogP contribution in [0.4, 0.5) is 0 Å². The summed E-state index contributed by atoms with van der Waals surface area (Å²) < 4.78 is 11.0. The van der Waals surface area contributed by atoms with Crippen molar-refractivity contribution < 1.29 is 19.1 Å². The lowest BCUT2D eigenvalue weighted by molar-refractivity contribution is -0.155.